The van der Waals surface area contributed by atoms with Crippen LogP contribution in [0.3, 0.4) is 0 Å². The van der Waals surface area contributed by atoms with Crippen LogP contribution >= 0.6 is 11.8 Å². The standard InChI is InChI=1S/C17H23N3O2S/c1-6-13(15(21)22)23-16-19-18-14(20(16)5)11-7-9-12(10-8-11)17(2,3)4/h7-10,13H,6H2,1-5H3,(H,21,22). The second-order valence-corrected chi connectivity index (χ2v) is 7.72. The number of aromatic nitrogens is 3. The number of carboxylic acids is 1. The Hall–Kier alpha value is -1.82. The average Bonchev–Trinajstić information content (AvgIpc) is 2.84. The zero-order chi connectivity index (χ0) is 17.2. The first-order chi connectivity index (χ1) is 10.7. The quantitative estimate of drug-likeness (QED) is 0.844. The Morgan fingerprint density at radius 3 is 2.35 bits per heavy atom. The predicted octanol–water partition coefficient (Wildman–Crippen LogP) is 3.73. The van der Waals surface area contributed by atoms with Crippen LogP contribution in [0, 0.1) is 0 Å². The van der Waals surface area contributed by atoms with Crippen LogP contribution in [0.2, 0.25) is 0 Å². The predicted molar refractivity (Wildman–Crippen MR) is 92.7 cm³/mol. The molecule has 0 spiro atoms. The molecule has 0 saturated carbocycles. The number of rotatable bonds is 5. The monoisotopic (exact) mass is 333 g/mol. The maximum atomic E-state index is 11.2. The highest BCUT2D eigenvalue weighted by Crippen LogP contribution is 2.29. The molecule has 1 aromatic carbocycles. The van der Waals surface area contributed by atoms with Gasteiger partial charge in [-0.1, -0.05) is 63.7 Å². The molecule has 1 aromatic heterocycles. The third-order valence-corrected chi connectivity index (χ3v) is 5.12. The van der Waals surface area contributed by atoms with Gasteiger partial charge < -0.3 is 9.67 Å². The van der Waals surface area contributed by atoms with E-state index in [0.29, 0.717) is 11.6 Å². The Balaban J connectivity index is 2.27. The van der Waals surface area contributed by atoms with Crippen molar-refractivity contribution in [3.8, 4) is 11.4 Å². The summed E-state index contributed by atoms with van der Waals surface area (Å²) < 4.78 is 1.85. The Bertz CT molecular complexity index is 687. The molecule has 0 saturated heterocycles. The lowest BCUT2D eigenvalue weighted by molar-refractivity contribution is -0.136. The highest BCUT2D eigenvalue weighted by Gasteiger charge is 2.21. The molecule has 0 fully saturated rings. The van der Waals surface area contributed by atoms with E-state index in [0.717, 1.165) is 11.4 Å². The minimum atomic E-state index is -0.823. The first-order valence-corrected chi connectivity index (χ1v) is 8.51. The van der Waals surface area contributed by atoms with Crippen molar-refractivity contribution in [2.45, 2.75) is 49.9 Å². The molecule has 0 radical (unpaired) electrons. The van der Waals surface area contributed by atoms with Crippen molar-refractivity contribution in [1.29, 1.82) is 0 Å². The van der Waals surface area contributed by atoms with Crippen LogP contribution in [0.15, 0.2) is 29.4 Å². The summed E-state index contributed by atoms with van der Waals surface area (Å²) in [5.74, 6) is -0.0789. The summed E-state index contributed by atoms with van der Waals surface area (Å²) in [5.41, 5.74) is 2.34. The number of carbonyl (C=O) groups is 1. The summed E-state index contributed by atoms with van der Waals surface area (Å²) in [6.45, 7) is 8.38. The molecule has 6 heteroatoms. The van der Waals surface area contributed by atoms with Gasteiger partial charge in [-0.15, -0.1) is 10.2 Å². The van der Waals surface area contributed by atoms with Crippen LogP contribution in [0.5, 0.6) is 0 Å². The third-order valence-electron chi connectivity index (χ3n) is 3.74. The van der Waals surface area contributed by atoms with E-state index in [-0.39, 0.29) is 5.41 Å². The zero-order valence-corrected chi connectivity index (χ0v) is 15.0. The van der Waals surface area contributed by atoms with Gasteiger partial charge >= 0.3 is 5.97 Å². The second kappa shape index (κ2) is 6.74. The second-order valence-electron chi connectivity index (χ2n) is 6.55. The molecule has 0 amide bonds. The smallest absolute Gasteiger partial charge is 0.317 e. The highest BCUT2D eigenvalue weighted by atomic mass is 32.2. The first-order valence-electron chi connectivity index (χ1n) is 7.63. The summed E-state index contributed by atoms with van der Waals surface area (Å²) in [5, 5.41) is 17.7. The zero-order valence-electron chi connectivity index (χ0n) is 14.2. The molecular formula is C17H23N3O2S. The van der Waals surface area contributed by atoms with Crippen molar-refractivity contribution >= 4 is 17.7 Å². The summed E-state index contributed by atoms with van der Waals surface area (Å²) in [6.07, 6.45) is 0.544. The lowest BCUT2D eigenvalue weighted by Gasteiger charge is -2.19. The summed E-state index contributed by atoms with van der Waals surface area (Å²) in [6, 6.07) is 8.27. The van der Waals surface area contributed by atoms with Gasteiger partial charge in [0, 0.05) is 12.6 Å². The average molecular weight is 333 g/mol. The molecule has 0 aliphatic carbocycles. The van der Waals surface area contributed by atoms with Crippen LogP contribution in [0.4, 0.5) is 0 Å². The molecule has 23 heavy (non-hydrogen) atoms. The van der Waals surface area contributed by atoms with E-state index >= 15 is 0 Å². The molecular weight excluding hydrogens is 310 g/mol. The first kappa shape index (κ1) is 17.5. The maximum absolute atomic E-state index is 11.2. The number of carboxylic acid groups (broad SMARTS) is 1. The van der Waals surface area contributed by atoms with Crippen molar-refractivity contribution in [2.75, 3.05) is 0 Å². The van der Waals surface area contributed by atoms with Gasteiger partial charge in [0.15, 0.2) is 11.0 Å². The highest BCUT2D eigenvalue weighted by molar-refractivity contribution is 8.00. The van der Waals surface area contributed by atoms with Crippen molar-refractivity contribution < 1.29 is 9.90 Å². The minimum Gasteiger partial charge on any atom is -0.480 e. The van der Waals surface area contributed by atoms with Crippen LogP contribution < -0.4 is 0 Å². The van der Waals surface area contributed by atoms with Gasteiger partial charge in [-0.25, -0.2) is 0 Å². The summed E-state index contributed by atoms with van der Waals surface area (Å²) in [4.78, 5) is 11.2. The molecule has 124 valence electrons. The van der Waals surface area contributed by atoms with E-state index in [1.165, 1.54) is 17.3 Å². The van der Waals surface area contributed by atoms with E-state index in [4.69, 9.17) is 0 Å². The summed E-state index contributed by atoms with van der Waals surface area (Å²) in [7, 11) is 1.86. The number of hydrogen-bond acceptors (Lipinski definition) is 4. The van der Waals surface area contributed by atoms with Crippen molar-refractivity contribution in [3.05, 3.63) is 29.8 Å². The van der Waals surface area contributed by atoms with Gasteiger partial charge in [0.05, 0.1) is 0 Å². The van der Waals surface area contributed by atoms with Crippen LogP contribution in [0.1, 0.15) is 39.7 Å². The maximum Gasteiger partial charge on any atom is 0.317 e. The molecule has 1 atom stereocenters. The van der Waals surface area contributed by atoms with Gasteiger partial charge in [-0.2, -0.15) is 0 Å². The van der Waals surface area contributed by atoms with Gasteiger partial charge in [0.25, 0.3) is 0 Å². The molecule has 2 aromatic rings. The summed E-state index contributed by atoms with van der Waals surface area (Å²) >= 11 is 1.24. The fraction of sp³-hybridized carbons (Fsp3) is 0.471. The molecule has 1 N–H and O–H groups in total. The molecule has 1 heterocycles. The van der Waals surface area contributed by atoms with E-state index < -0.39 is 11.2 Å². The number of thioether (sulfide) groups is 1. The molecule has 2 rings (SSSR count). The van der Waals surface area contributed by atoms with Gasteiger partial charge in [-0.3, -0.25) is 4.79 Å². The largest absolute Gasteiger partial charge is 0.480 e. The molecule has 0 bridgehead atoms. The number of nitrogens with zero attached hydrogens (tertiary/aromatic N) is 3. The Morgan fingerprint density at radius 1 is 1.26 bits per heavy atom. The Labute approximate surface area is 141 Å². The van der Waals surface area contributed by atoms with E-state index in [1.807, 2.05) is 30.7 Å². The minimum absolute atomic E-state index is 0.106. The van der Waals surface area contributed by atoms with Crippen LogP contribution in [-0.4, -0.2) is 31.1 Å². The van der Waals surface area contributed by atoms with Gasteiger partial charge in [0.2, 0.25) is 0 Å². The van der Waals surface area contributed by atoms with Crippen LogP contribution in [0.25, 0.3) is 11.4 Å². The number of hydrogen-bond donors (Lipinski definition) is 1. The van der Waals surface area contributed by atoms with Crippen LogP contribution in [-0.2, 0) is 17.3 Å². The number of aliphatic carboxylic acids is 1. The fourth-order valence-corrected chi connectivity index (χ4v) is 3.08. The fourth-order valence-electron chi connectivity index (χ4n) is 2.22. The lowest BCUT2D eigenvalue weighted by Crippen LogP contribution is -2.15. The van der Waals surface area contributed by atoms with E-state index in [2.05, 4.69) is 43.1 Å². The van der Waals surface area contributed by atoms with Crippen molar-refractivity contribution in [1.82, 2.24) is 14.8 Å². The Kier molecular flexibility index (Phi) is 5.14. The molecule has 1 unspecified atom stereocenters. The van der Waals surface area contributed by atoms with Gasteiger partial charge in [0.1, 0.15) is 5.25 Å². The lowest BCUT2D eigenvalue weighted by atomic mass is 9.87. The molecule has 0 aliphatic rings. The third kappa shape index (κ3) is 3.93. The molecule has 5 nitrogen and oxygen atoms in total. The van der Waals surface area contributed by atoms with E-state index in [1.54, 1.807) is 0 Å². The van der Waals surface area contributed by atoms with Crippen molar-refractivity contribution in [2.24, 2.45) is 7.05 Å². The Morgan fingerprint density at radius 2 is 1.87 bits per heavy atom. The van der Waals surface area contributed by atoms with E-state index in [9.17, 15) is 9.90 Å². The van der Waals surface area contributed by atoms with Gasteiger partial charge in [-0.05, 0) is 17.4 Å². The number of benzene rings is 1. The SMILES string of the molecule is CCC(Sc1nnc(-c2ccc(C(C)(C)C)cc2)n1C)C(=O)O. The molecule has 0 aliphatic heterocycles. The van der Waals surface area contributed by atoms with Crippen molar-refractivity contribution in [3.63, 3.8) is 0 Å². The topological polar surface area (TPSA) is 68.0 Å². The normalized spacial score (nSPS) is 13.1.